The van der Waals surface area contributed by atoms with E-state index in [0.717, 1.165) is 0 Å². The first-order valence-electron chi connectivity index (χ1n) is 2.67. The van der Waals surface area contributed by atoms with Crippen LogP contribution in [0.25, 0.3) is 0 Å². The molecule has 0 saturated heterocycles. The van der Waals surface area contributed by atoms with Crippen LogP contribution in [0.5, 0.6) is 0 Å². The van der Waals surface area contributed by atoms with E-state index < -0.39 is 10.0 Å². The van der Waals surface area contributed by atoms with Gasteiger partial charge in [-0.05, 0) is 6.42 Å². The van der Waals surface area contributed by atoms with E-state index >= 15 is 0 Å². The molecule has 1 aliphatic rings. The minimum atomic E-state index is -3.17. The van der Waals surface area contributed by atoms with Crippen LogP contribution in [-0.2, 0) is 10.0 Å². The van der Waals surface area contributed by atoms with Crippen molar-refractivity contribution in [3.8, 4) is 0 Å². The Bertz CT molecular complexity index is 229. The van der Waals surface area contributed by atoms with Crippen molar-refractivity contribution in [2.24, 2.45) is 10.1 Å². The van der Waals surface area contributed by atoms with Crippen LogP contribution < -0.4 is 5.73 Å². The molecule has 0 bridgehead atoms. The number of rotatable bonds is 0. The lowest BCUT2D eigenvalue weighted by Crippen LogP contribution is -2.21. The Labute approximate surface area is 53.8 Å². The van der Waals surface area contributed by atoms with Crippen molar-refractivity contribution in [1.29, 1.82) is 0 Å². The van der Waals surface area contributed by atoms with Gasteiger partial charge < -0.3 is 5.73 Å². The smallest absolute Gasteiger partial charge is 0.254 e. The minimum Gasteiger partial charge on any atom is -0.386 e. The molecule has 9 heavy (non-hydrogen) atoms. The van der Waals surface area contributed by atoms with Gasteiger partial charge in [-0.3, -0.25) is 0 Å². The molecule has 0 aromatic heterocycles. The van der Waals surface area contributed by atoms with Gasteiger partial charge in [-0.2, -0.15) is 4.40 Å². The maximum absolute atomic E-state index is 10.6. The van der Waals surface area contributed by atoms with Crippen LogP contribution in [0.4, 0.5) is 0 Å². The topological polar surface area (TPSA) is 72.5 Å². The first-order valence-corrected chi connectivity index (χ1v) is 4.28. The monoisotopic (exact) mass is 148 g/mol. The first-order chi connectivity index (χ1) is 4.10. The molecule has 0 radical (unpaired) electrons. The Hall–Kier alpha value is -0.580. The van der Waals surface area contributed by atoms with Crippen molar-refractivity contribution in [2.75, 3.05) is 5.75 Å². The summed E-state index contributed by atoms with van der Waals surface area (Å²) in [5, 5.41) is 0. The van der Waals surface area contributed by atoms with Crippen molar-refractivity contribution in [3.05, 3.63) is 0 Å². The Balaban J connectivity index is 2.95. The van der Waals surface area contributed by atoms with E-state index in [4.69, 9.17) is 5.73 Å². The van der Waals surface area contributed by atoms with Crippen molar-refractivity contribution in [2.45, 2.75) is 12.8 Å². The maximum atomic E-state index is 10.6. The highest BCUT2D eigenvalue weighted by atomic mass is 32.2. The van der Waals surface area contributed by atoms with Crippen LogP contribution in [-0.4, -0.2) is 20.0 Å². The molecule has 0 fully saturated rings. The predicted molar refractivity (Wildman–Crippen MR) is 34.6 cm³/mol. The highest BCUT2D eigenvalue weighted by Crippen LogP contribution is 2.05. The molecule has 2 N–H and O–H groups in total. The fourth-order valence-electron chi connectivity index (χ4n) is 0.706. The van der Waals surface area contributed by atoms with Crippen LogP contribution >= 0.6 is 0 Å². The molecular formula is C4H8N2O2S. The van der Waals surface area contributed by atoms with Crippen molar-refractivity contribution in [1.82, 2.24) is 0 Å². The van der Waals surface area contributed by atoms with Crippen molar-refractivity contribution in [3.63, 3.8) is 0 Å². The molecule has 0 unspecified atom stereocenters. The molecular weight excluding hydrogens is 140 g/mol. The van der Waals surface area contributed by atoms with Gasteiger partial charge in [0, 0.05) is 6.42 Å². The Morgan fingerprint density at radius 1 is 1.56 bits per heavy atom. The highest BCUT2D eigenvalue weighted by Gasteiger charge is 2.14. The first kappa shape index (κ1) is 6.54. The normalized spacial score (nSPS) is 25.1. The summed E-state index contributed by atoms with van der Waals surface area (Å²) in [5.74, 6) is 0.384. The van der Waals surface area contributed by atoms with E-state index in [2.05, 4.69) is 4.40 Å². The van der Waals surface area contributed by atoms with Crippen LogP contribution in [0.15, 0.2) is 4.40 Å². The Kier molecular flexibility index (Phi) is 1.44. The summed E-state index contributed by atoms with van der Waals surface area (Å²) < 4.78 is 24.5. The number of nitrogens with zero attached hydrogens (tertiary/aromatic N) is 1. The third-order valence-electron chi connectivity index (χ3n) is 1.09. The van der Waals surface area contributed by atoms with Crippen LogP contribution in [0, 0.1) is 0 Å². The molecule has 0 amide bonds. The number of nitrogens with two attached hydrogens (primary N) is 1. The average Bonchev–Trinajstić information content (AvgIpc) is 1.60. The third-order valence-corrected chi connectivity index (χ3v) is 2.41. The fraction of sp³-hybridized carbons (Fsp3) is 0.750. The summed E-state index contributed by atoms with van der Waals surface area (Å²) in [6, 6.07) is 0. The second kappa shape index (κ2) is 1.98. The molecule has 0 atom stereocenters. The number of amidine groups is 1. The minimum absolute atomic E-state index is 0.147. The number of hydrogen-bond donors (Lipinski definition) is 1. The molecule has 0 aromatic rings. The van der Waals surface area contributed by atoms with Gasteiger partial charge in [0.1, 0.15) is 5.84 Å². The summed E-state index contributed by atoms with van der Waals surface area (Å²) >= 11 is 0. The predicted octanol–water partition coefficient (Wildman–Crippen LogP) is -0.533. The van der Waals surface area contributed by atoms with E-state index in [9.17, 15) is 8.42 Å². The summed E-state index contributed by atoms with van der Waals surface area (Å²) in [5.41, 5.74) is 5.18. The lowest BCUT2D eigenvalue weighted by molar-refractivity contribution is 0.593. The zero-order valence-corrected chi connectivity index (χ0v) is 5.69. The quantitative estimate of drug-likeness (QED) is 0.501. The van der Waals surface area contributed by atoms with Gasteiger partial charge in [-0.15, -0.1) is 0 Å². The van der Waals surface area contributed by atoms with Crippen LogP contribution in [0.3, 0.4) is 0 Å². The van der Waals surface area contributed by atoms with Crippen molar-refractivity contribution >= 4 is 15.9 Å². The molecule has 5 heteroatoms. The third kappa shape index (κ3) is 1.67. The van der Waals surface area contributed by atoms with Gasteiger partial charge in [0.25, 0.3) is 10.0 Å². The largest absolute Gasteiger partial charge is 0.386 e. The van der Waals surface area contributed by atoms with E-state index in [1.807, 2.05) is 0 Å². The van der Waals surface area contributed by atoms with Crippen molar-refractivity contribution < 1.29 is 8.42 Å². The second-order valence-electron chi connectivity index (χ2n) is 1.97. The van der Waals surface area contributed by atoms with Crippen LogP contribution in [0.2, 0.25) is 0 Å². The Morgan fingerprint density at radius 2 is 2.22 bits per heavy atom. The summed E-state index contributed by atoms with van der Waals surface area (Å²) in [6.45, 7) is 0. The van der Waals surface area contributed by atoms with Gasteiger partial charge in [0.05, 0.1) is 5.75 Å². The molecule has 1 rings (SSSR count). The average molecular weight is 148 g/mol. The highest BCUT2D eigenvalue weighted by molar-refractivity contribution is 7.90. The van der Waals surface area contributed by atoms with Gasteiger partial charge in [0.2, 0.25) is 0 Å². The molecule has 0 aliphatic carbocycles. The number of sulfonamides is 1. The number of hydrogen-bond acceptors (Lipinski definition) is 3. The standard InChI is InChI=1S/C4H8N2O2S/c5-4-2-1-3-9(7,8)6-4/h1-3H2,(H2,5,6). The molecule has 0 spiro atoms. The zero-order valence-electron chi connectivity index (χ0n) is 4.87. The summed E-state index contributed by atoms with van der Waals surface area (Å²) in [4.78, 5) is 0. The summed E-state index contributed by atoms with van der Waals surface area (Å²) in [7, 11) is -3.17. The van der Waals surface area contributed by atoms with E-state index in [-0.39, 0.29) is 11.6 Å². The molecule has 52 valence electrons. The molecule has 1 aliphatic heterocycles. The van der Waals surface area contributed by atoms with Gasteiger partial charge in [-0.1, -0.05) is 0 Å². The SMILES string of the molecule is NC1=NS(=O)(=O)CCC1. The molecule has 4 nitrogen and oxygen atoms in total. The van der Waals surface area contributed by atoms with Gasteiger partial charge in [-0.25, -0.2) is 8.42 Å². The lowest BCUT2D eigenvalue weighted by atomic mass is 10.3. The van der Waals surface area contributed by atoms with E-state index in [1.54, 1.807) is 0 Å². The van der Waals surface area contributed by atoms with E-state index in [1.165, 1.54) is 0 Å². The van der Waals surface area contributed by atoms with Gasteiger partial charge in [0.15, 0.2) is 0 Å². The Morgan fingerprint density at radius 3 is 2.56 bits per heavy atom. The molecule has 0 aromatic carbocycles. The fourth-order valence-corrected chi connectivity index (χ4v) is 1.75. The molecule has 1 heterocycles. The molecule has 0 saturated carbocycles. The maximum Gasteiger partial charge on any atom is 0.254 e. The summed E-state index contributed by atoms with van der Waals surface area (Å²) in [6.07, 6.45) is 1.22. The second-order valence-corrected chi connectivity index (χ2v) is 3.73. The lowest BCUT2D eigenvalue weighted by Gasteiger charge is -2.05. The van der Waals surface area contributed by atoms with Crippen LogP contribution in [0.1, 0.15) is 12.8 Å². The van der Waals surface area contributed by atoms with Gasteiger partial charge >= 0.3 is 0 Å². The van der Waals surface area contributed by atoms with E-state index in [0.29, 0.717) is 12.8 Å². The zero-order chi connectivity index (χ0) is 6.91.